The molecule has 0 aliphatic carbocycles. The molecule has 25 heavy (non-hydrogen) atoms. The summed E-state index contributed by atoms with van der Waals surface area (Å²) in [6.07, 6.45) is 4.10. The van der Waals surface area contributed by atoms with Crippen LogP contribution in [0.15, 0.2) is 48.7 Å². The summed E-state index contributed by atoms with van der Waals surface area (Å²) >= 11 is 0. The maximum Gasteiger partial charge on any atom is 0.168 e. The molecule has 0 bridgehead atoms. The molecule has 0 aliphatic heterocycles. The molecule has 2 heterocycles. The fourth-order valence-electron chi connectivity index (χ4n) is 2.47. The standard InChI is InChI=1S/C9H6N2O2.C9H7NO.CH4/c12-4-6-2-1-3-7-8(5-13)10-11-9(6)7;11-6-8-3-1-2-7-4-5-10-9(7)8;/h1-5H,(H,10,11);1-6,10H;1H4. The number of aldehydes is 3. The number of fused-ring (bicyclic) bond motifs is 2. The van der Waals surface area contributed by atoms with E-state index in [0.717, 1.165) is 23.5 Å². The van der Waals surface area contributed by atoms with Gasteiger partial charge < -0.3 is 4.98 Å². The normalized spacial score (nSPS) is 9.76. The first kappa shape index (κ1) is 17.8. The molecule has 0 atom stereocenters. The van der Waals surface area contributed by atoms with Crippen molar-refractivity contribution in [1.82, 2.24) is 15.2 Å². The van der Waals surface area contributed by atoms with E-state index >= 15 is 0 Å². The smallest absolute Gasteiger partial charge is 0.168 e. The molecular weight excluding hydrogens is 318 g/mol. The van der Waals surface area contributed by atoms with E-state index in [1.54, 1.807) is 24.3 Å². The lowest BCUT2D eigenvalue weighted by atomic mass is 10.1. The van der Waals surface area contributed by atoms with Gasteiger partial charge in [0.05, 0.1) is 5.52 Å². The van der Waals surface area contributed by atoms with Crippen LogP contribution in [0.4, 0.5) is 0 Å². The highest BCUT2D eigenvalue weighted by atomic mass is 16.1. The molecule has 2 N–H and O–H groups in total. The Labute approximate surface area is 143 Å². The number of aromatic nitrogens is 3. The molecule has 6 nitrogen and oxygen atoms in total. The summed E-state index contributed by atoms with van der Waals surface area (Å²) < 4.78 is 0. The van der Waals surface area contributed by atoms with Crippen molar-refractivity contribution in [3.05, 3.63) is 65.5 Å². The SMILES string of the molecule is C.O=Cc1[nH]nc2c(C=O)cccc12.O=Cc1cccc2cc[nH]c12. The Morgan fingerprint density at radius 3 is 2.28 bits per heavy atom. The van der Waals surface area contributed by atoms with Crippen LogP contribution < -0.4 is 0 Å². The molecule has 126 valence electrons. The van der Waals surface area contributed by atoms with E-state index in [1.165, 1.54) is 0 Å². The number of hydrogen-bond donors (Lipinski definition) is 2. The number of benzene rings is 2. The summed E-state index contributed by atoms with van der Waals surface area (Å²) in [5.41, 5.74) is 3.06. The minimum Gasteiger partial charge on any atom is -0.361 e. The van der Waals surface area contributed by atoms with Crippen LogP contribution in [-0.4, -0.2) is 34.0 Å². The molecule has 0 unspecified atom stereocenters. The fraction of sp³-hybridized carbons (Fsp3) is 0.0526. The number of carbonyl (C=O) groups excluding carboxylic acids is 3. The molecule has 6 heteroatoms. The summed E-state index contributed by atoms with van der Waals surface area (Å²) in [6, 6.07) is 12.7. The van der Waals surface area contributed by atoms with E-state index in [4.69, 9.17) is 0 Å². The number of hydrogen-bond acceptors (Lipinski definition) is 4. The molecule has 2 aromatic carbocycles. The quantitative estimate of drug-likeness (QED) is 0.557. The van der Waals surface area contributed by atoms with E-state index in [2.05, 4.69) is 15.2 Å². The lowest BCUT2D eigenvalue weighted by Gasteiger charge is -1.91. The van der Waals surface area contributed by atoms with Crippen LogP contribution in [0.1, 0.15) is 38.6 Å². The monoisotopic (exact) mass is 335 g/mol. The molecular formula is C19H17N3O3. The van der Waals surface area contributed by atoms with Gasteiger partial charge in [-0.1, -0.05) is 31.7 Å². The number of rotatable bonds is 3. The highest BCUT2D eigenvalue weighted by Crippen LogP contribution is 2.17. The van der Waals surface area contributed by atoms with Gasteiger partial charge in [-0.05, 0) is 18.2 Å². The van der Waals surface area contributed by atoms with Gasteiger partial charge in [0.25, 0.3) is 0 Å². The Bertz CT molecular complexity index is 1030. The number of H-pyrrole nitrogens is 2. The first-order chi connectivity index (χ1) is 11.8. The highest BCUT2D eigenvalue weighted by Gasteiger charge is 2.06. The van der Waals surface area contributed by atoms with Crippen LogP contribution in [0.25, 0.3) is 21.8 Å². The van der Waals surface area contributed by atoms with Gasteiger partial charge in [0.1, 0.15) is 11.2 Å². The van der Waals surface area contributed by atoms with Crippen molar-refractivity contribution in [2.75, 3.05) is 0 Å². The third-order valence-corrected chi connectivity index (χ3v) is 3.64. The number of nitrogens with one attached hydrogen (secondary N) is 2. The van der Waals surface area contributed by atoms with Crippen molar-refractivity contribution >= 4 is 40.7 Å². The van der Waals surface area contributed by atoms with Gasteiger partial charge in [-0.2, -0.15) is 5.10 Å². The van der Waals surface area contributed by atoms with Crippen LogP contribution in [0, 0.1) is 0 Å². The van der Waals surface area contributed by atoms with E-state index in [0.29, 0.717) is 34.0 Å². The molecule has 0 radical (unpaired) electrons. The zero-order valence-corrected chi connectivity index (χ0v) is 12.5. The maximum absolute atomic E-state index is 10.6. The van der Waals surface area contributed by atoms with Crippen molar-refractivity contribution in [1.29, 1.82) is 0 Å². The molecule has 0 amide bonds. The lowest BCUT2D eigenvalue weighted by molar-refractivity contribution is 0.111. The van der Waals surface area contributed by atoms with Gasteiger partial charge >= 0.3 is 0 Å². The topological polar surface area (TPSA) is 95.7 Å². The third kappa shape index (κ3) is 3.37. The summed E-state index contributed by atoms with van der Waals surface area (Å²) in [4.78, 5) is 34.6. The Hall–Kier alpha value is -3.54. The van der Waals surface area contributed by atoms with Gasteiger partial charge in [0.2, 0.25) is 0 Å². The first-order valence-corrected chi connectivity index (χ1v) is 7.17. The molecule has 0 saturated carbocycles. The summed E-state index contributed by atoms with van der Waals surface area (Å²) in [6.45, 7) is 0. The molecule has 4 aromatic rings. The van der Waals surface area contributed by atoms with E-state index in [-0.39, 0.29) is 7.43 Å². The maximum atomic E-state index is 10.6. The lowest BCUT2D eigenvalue weighted by Crippen LogP contribution is -1.81. The Morgan fingerprint density at radius 2 is 1.56 bits per heavy atom. The van der Waals surface area contributed by atoms with Crippen LogP contribution in [0.5, 0.6) is 0 Å². The van der Waals surface area contributed by atoms with E-state index in [1.807, 2.05) is 24.4 Å². The zero-order chi connectivity index (χ0) is 16.9. The number of para-hydroxylation sites is 2. The van der Waals surface area contributed by atoms with Crippen molar-refractivity contribution in [2.45, 2.75) is 7.43 Å². The van der Waals surface area contributed by atoms with Crippen LogP contribution >= 0.6 is 0 Å². The molecule has 2 aromatic heterocycles. The van der Waals surface area contributed by atoms with E-state index in [9.17, 15) is 14.4 Å². The van der Waals surface area contributed by atoms with Crippen molar-refractivity contribution in [2.24, 2.45) is 0 Å². The molecule has 0 fully saturated rings. The third-order valence-electron chi connectivity index (χ3n) is 3.64. The number of nitrogens with zero attached hydrogens (tertiary/aromatic N) is 1. The van der Waals surface area contributed by atoms with Gasteiger partial charge in [-0.25, -0.2) is 0 Å². The largest absolute Gasteiger partial charge is 0.361 e. The van der Waals surface area contributed by atoms with Crippen LogP contribution in [0.2, 0.25) is 0 Å². The Morgan fingerprint density at radius 1 is 0.840 bits per heavy atom. The van der Waals surface area contributed by atoms with Crippen molar-refractivity contribution < 1.29 is 14.4 Å². The number of carbonyl (C=O) groups is 3. The van der Waals surface area contributed by atoms with Gasteiger partial charge in [-0.3, -0.25) is 19.5 Å². The summed E-state index contributed by atoms with van der Waals surface area (Å²) in [5.74, 6) is 0. The summed E-state index contributed by atoms with van der Waals surface area (Å²) in [7, 11) is 0. The zero-order valence-electron chi connectivity index (χ0n) is 12.5. The molecule has 4 rings (SSSR count). The minimum atomic E-state index is 0. The molecule has 0 saturated heterocycles. The van der Waals surface area contributed by atoms with Crippen LogP contribution in [0.3, 0.4) is 0 Å². The van der Waals surface area contributed by atoms with Crippen molar-refractivity contribution in [3.8, 4) is 0 Å². The van der Waals surface area contributed by atoms with Crippen molar-refractivity contribution in [3.63, 3.8) is 0 Å². The van der Waals surface area contributed by atoms with Gasteiger partial charge in [0, 0.05) is 28.1 Å². The Balaban J connectivity index is 0.000000175. The second-order valence-electron chi connectivity index (χ2n) is 5.02. The number of aromatic amines is 2. The average Bonchev–Trinajstić information content (AvgIpc) is 3.28. The second-order valence-corrected chi connectivity index (χ2v) is 5.02. The predicted octanol–water partition coefficient (Wildman–Crippen LogP) is 3.80. The fourth-order valence-corrected chi connectivity index (χ4v) is 2.47. The van der Waals surface area contributed by atoms with Gasteiger partial charge in [0.15, 0.2) is 18.9 Å². The molecule has 0 aliphatic rings. The first-order valence-electron chi connectivity index (χ1n) is 7.17. The highest BCUT2D eigenvalue weighted by molar-refractivity contribution is 6.02. The molecule has 0 spiro atoms. The second kappa shape index (κ2) is 7.83. The van der Waals surface area contributed by atoms with Crippen LogP contribution in [-0.2, 0) is 0 Å². The van der Waals surface area contributed by atoms with Gasteiger partial charge in [-0.15, -0.1) is 0 Å². The average molecular weight is 335 g/mol. The van der Waals surface area contributed by atoms with E-state index < -0.39 is 0 Å². The Kier molecular flexibility index (Phi) is 5.58. The predicted molar refractivity (Wildman–Crippen MR) is 97.3 cm³/mol. The summed E-state index contributed by atoms with van der Waals surface area (Å²) in [5, 5.41) is 8.19. The minimum absolute atomic E-state index is 0.